The number of oxime groups is 1. The molecule has 7 rings (SSSR count). The van der Waals surface area contributed by atoms with Crippen LogP contribution >= 0.6 is 0 Å². The number of halogens is 1. The molecular weight excluding hydrogens is 860 g/mol. The van der Waals surface area contributed by atoms with E-state index >= 15 is 0 Å². The fourth-order valence-corrected chi connectivity index (χ4v) is 9.83. The lowest BCUT2D eigenvalue weighted by molar-refractivity contribution is -0.384. The van der Waals surface area contributed by atoms with Crippen LogP contribution in [0, 0.1) is 33.7 Å². The summed E-state index contributed by atoms with van der Waals surface area (Å²) in [6, 6.07) is 25.5. The Morgan fingerprint density at radius 3 is 2.40 bits per heavy atom. The molecule has 2 amide bonds. The van der Waals surface area contributed by atoms with E-state index in [0.29, 0.717) is 48.3 Å². The van der Waals surface area contributed by atoms with Gasteiger partial charge in [0.2, 0.25) is 11.7 Å². The monoisotopic (exact) mass is 916 g/mol. The summed E-state index contributed by atoms with van der Waals surface area (Å²) in [6.07, 6.45) is 10.3. The molecule has 3 N–H and O–H groups in total. The number of nitro benzene ring substituents is 1. The smallest absolute Gasteiger partial charge is 0.412 e. The molecule has 0 unspecified atom stereocenters. The van der Waals surface area contributed by atoms with Gasteiger partial charge >= 0.3 is 6.09 Å². The van der Waals surface area contributed by atoms with Crippen molar-refractivity contribution in [3.63, 3.8) is 0 Å². The van der Waals surface area contributed by atoms with E-state index in [0.717, 1.165) is 29.5 Å². The van der Waals surface area contributed by atoms with Crippen molar-refractivity contribution in [2.45, 2.75) is 75.8 Å². The second-order valence-corrected chi connectivity index (χ2v) is 17.0. The highest BCUT2D eigenvalue weighted by molar-refractivity contribution is 6.03. The molecule has 1 heterocycles. The Labute approximate surface area is 389 Å². The zero-order valence-electron chi connectivity index (χ0n) is 37.5. The van der Waals surface area contributed by atoms with E-state index in [1.165, 1.54) is 37.5 Å². The molecule has 6 atom stereocenters. The van der Waals surface area contributed by atoms with Crippen molar-refractivity contribution in [1.82, 2.24) is 10.2 Å². The quantitative estimate of drug-likeness (QED) is 0.0240. The Bertz CT molecular complexity index is 2440. The normalized spacial score (nSPS) is 22.2. The summed E-state index contributed by atoms with van der Waals surface area (Å²) in [5, 5.41) is 38.7. The molecule has 0 saturated heterocycles. The van der Waals surface area contributed by atoms with Crippen LogP contribution in [0.2, 0.25) is 0 Å². The molecule has 352 valence electrons. The van der Waals surface area contributed by atoms with Crippen LogP contribution in [-0.4, -0.2) is 76.5 Å². The maximum absolute atomic E-state index is 15.0. The largest absolute Gasteiger partial charge is 0.459 e. The van der Waals surface area contributed by atoms with Crippen molar-refractivity contribution >= 4 is 29.5 Å². The number of nitro groups is 1. The minimum atomic E-state index is -1.61. The summed E-state index contributed by atoms with van der Waals surface area (Å²) in [4.78, 5) is 46.3. The van der Waals surface area contributed by atoms with Gasteiger partial charge in [-0.1, -0.05) is 72.6 Å². The van der Waals surface area contributed by atoms with Crippen LogP contribution in [0.5, 0.6) is 11.5 Å². The molecule has 14 nitrogen and oxygen atoms in total. The predicted octanol–water partition coefficient (Wildman–Crippen LogP) is 9.03. The first-order valence-corrected chi connectivity index (χ1v) is 22.7. The number of carbonyl (C=O) groups is 2. The number of unbranched alkanes of at least 4 members (excludes halogenated alkanes) is 2. The number of rotatable bonds is 21. The van der Waals surface area contributed by atoms with Crippen molar-refractivity contribution in [2.75, 3.05) is 26.9 Å². The first-order valence-electron chi connectivity index (χ1n) is 22.7. The van der Waals surface area contributed by atoms with E-state index in [1.54, 1.807) is 53.5 Å². The summed E-state index contributed by atoms with van der Waals surface area (Å²) >= 11 is 0. The number of aliphatic hydroxyl groups is 2. The van der Waals surface area contributed by atoms with Gasteiger partial charge in [-0.25, -0.2) is 9.18 Å². The van der Waals surface area contributed by atoms with Crippen LogP contribution < -0.4 is 14.8 Å². The third-order valence-electron chi connectivity index (χ3n) is 12.8. The maximum Gasteiger partial charge on any atom is 0.412 e. The van der Waals surface area contributed by atoms with E-state index < -0.39 is 46.4 Å². The highest BCUT2D eigenvalue weighted by Crippen LogP contribution is 2.62. The number of amides is 2. The number of hydrogen-bond donors (Lipinski definition) is 3. The summed E-state index contributed by atoms with van der Waals surface area (Å²) in [6.45, 7) is 4.32. The molecule has 1 fully saturated rings. The Balaban J connectivity index is 1.39. The number of nitrogens with zero attached hydrogens (tertiary/aromatic N) is 3. The van der Waals surface area contributed by atoms with Crippen LogP contribution in [0.3, 0.4) is 0 Å². The lowest BCUT2D eigenvalue weighted by Gasteiger charge is -2.60. The highest BCUT2D eigenvalue weighted by Gasteiger charge is 2.65. The van der Waals surface area contributed by atoms with Crippen LogP contribution in [0.1, 0.15) is 73.1 Å². The maximum atomic E-state index is 15.0. The molecule has 15 heteroatoms. The van der Waals surface area contributed by atoms with Gasteiger partial charge in [-0.05, 0) is 108 Å². The van der Waals surface area contributed by atoms with Crippen molar-refractivity contribution in [2.24, 2.45) is 22.9 Å². The lowest BCUT2D eigenvalue weighted by atomic mass is 9.55. The van der Waals surface area contributed by atoms with Gasteiger partial charge in [-0.15, -0.1) is 6.58 Å². The minimum Gasteiger partial charge on any atom is -0.459 e. The van der Waals surface area contributed by atoms with Gasteiger partial charge in [0.05, 0.1) is 23.2 Å². The molecule has 0 radical (unpaired) electrons. The molecule has 0 bridgehead atoms. The summed E-state index contributed by atoms with van der Waals surface area (Å²) < 4.78 is 34.6. The van der Waals surface area contributed by atoms with E-state index in [-0.39, 0.29) is 62.6 Å². The average Bonchev–Trinajstić information content (AvgIpc) is 3.34. The SMILES string of the molecule is C=CCO[C@@]12Oc3ccc(OC(=O)NCc4ccccc4)cc3[C@H]3[C@H](CCCCO)[C@@H](CCCCO)C=C(C(=NOC)C[C@@H]1N(Cc1ccc(F)cc1)C(=O)C=Cc1ccc([N+](=O)[O-])cc1)[C@H]32. The number of fused-ring (bicyclic) bond motifs is 2. The lowest BCUT2D eigenvalue weighted by Crippen LogP contribution is -2.70. The van der Waals surface area contributed by atoms with Gasteiger partial charge in [-0.2, -0.15) is 0 Å². The zero-order valence-corrected chi connectivity index (χ0v) is 37.5. The predicted molar refractivity (Wildman–Crippen MR) is 250 cm³/mol. The van der Waals surface area contributed by atoms with E-state index in [2.05, 4.69) is 23.1 Å². The number of benzene rings is 4. The fraction of sp³-hybridized carbons (Fsp3) is 0.365. The number of ether oxygens (including phenoxy) is 3. The Hall–Kier alpha value is -6.68. The first-order chi connectivity index (χ1) is 32.6. The number of non-ortho nitro benzene ring substituents is 1. The minimum absolute atomic E-state index is 0.00488. The Morgan fingerprint density at radius 2 is 1.72 bits per heavy atom. The molecule has 0 spiro atoms. The van der Waals surface area contributed by atoms with Crippen molar-refractivity contribution in [3.05, 3.63) is 166 Å². The van der Waals surface area contributed by atoms with Crippen LogP contribution in [0.15, 0.2) is 133 Å². The first kappa shape index (κ1) is 48.3. The molecule has 1 aliphatic heterocycles. The Kier molecular flexibility index (Phi) is 16.3. The number of nitrogens with one attached hydrogen (secondary N) is 1. The summed E-state index contributed by atoms with van der Waals surface area (Å²) in [5.41, 5.74) is 4.13. The van der Waals surface area contributed by atoms with Crippen molar-refractivity contribution in [3.8, 4) is 11.5 Å². The van der Waals surface area contributed by atoms with Crippen molar-refractivity contribution < 1.29 is 48.2 Å². The van der Waals surface area contributed by atoms with E-state index in [1.807, 2.05) is 36.4 Å². The molecule has 4 aromatic carbocycles. The zero-order chi connectivity index (χ0) is 47.3. The van der Waals surface area contributed by atoms with E-state index in [4.69, 9.17) is 19.0 Å². The van der Waals surface area contributed by atoms with E-state index in [9.17, 15) is 34.3 Å². The fourth-order valence-electron chi connectivity index (χ4n) is 9.83. The van der Waals surface area contributed by atoms with Crippen LogP contribution in [-0.2, 0) is 27.5 Å². The Morgan fingerprint density at radius 1 is 0.985 bits per heavy atom. The third kappa shape index (κ3) is 11.3. The summed E-state index contributed by atoms with van der Waals surface area (Å²) in [5.74, 6) is -2.94. The molecule has 2 aliphatic carbocycles. The molecular formula is C52H57FN4O10. The standard InChI is InChI=1S/C52H57FN4O10/c1-3-29-65-52-47(56(34-37-15-20-39(53)21-16-37)48(60)26-19-35-17-22-40(23-18-35)57(62)63)32-45(55-64-2)43-30-38(13-7-9-27-58)42(14-8-10-28-59)49(50(43)52)44-31-41(24-25-46(44)67-52)66-51(61)54-33-36-11-5-4-6-12-36/h3-6,11-12,15-26,30-31,38,42,47,49-50,58-59H,1,7-10,13-14,27-29,32-34H2,2H3,(H,54,61)/t38-,42+,47-,49+,50+,52+/m0/s1. The topological polar surface area (TPSA) is 182 Å². The van der Waals surface area contributed by atoms with Gasteiger partial charge in [0.25, 0.3) is 5.69 Å². The molecule has 67 heavy (non-hydrogen) atoms. The van der Waals surface area contributed by atoms with Gasteiger partial charge in [0.15, 0.2) is 0 Å². The second-order valence-electron chi connectivity index (χ2n) is 17.0. The number of carbonyl (C=O) groups excluding carboxylic acids is 2. The second kappa shape index (κ2) is 22.7. The van der Waals surface area contributed by atoms with Gasteiger partial charge in [-0.3, -0.25) is 14.9 Å². The third-order valence-corrected chi connectivity index (χ3v) is 12.8. The number of hydrogen-bond acceptors (Lipinski definition) is 11. The van der Waals surface area contributed by atoms with Crippen LogP contribution in [0.25, 0.3) is 6.08 Å². The van der Waals surface area contributed by atoms with Crippen LogP contribution in [0.4, 0.5) is 14.9 Å². The number of allylic oxidation sites excluding steroid dienone is 1. The molecule has 0 aromatic heterocycles. The molecule has 1 saturated carbocycles. The van der Waals surface area contributed by atoms with Gasteiger partial charge in [0, 0.05) is 62.4 Å². The number of aliphatic hydroxyl groups excluding tert-OH is 2. The van der Waals surface area contributed by atoms with Crippen molar-refractivity contribution in [1.29, 1.82) is 0 Å². The van der Waals surface area contributed by atoms with Gasteiger partial charge in [0.1, 0.15) is 30.5 Å². The summed E-state index contributed by atoms with van der Waals surface area (Å²) in [7, 11) is 1.46. The average molecular weight is 917 g/mol. The molecule has 4 aromatic rings. The van der Waals surface area contributed by atoms with Gasteiger partial charge < -0.3 is 39.5 Å². The molecule has 3 aliphatic rings. The highest BCUT2D eigenvalue weighted by atomic mass is 19.1.